The molecule has 0 N–H and O–H groups in total. The number of oxazole rings is 1. The number of nitro benzene ring substituents is 1. The van der Waals surface area contributed by atoms with Gasteiger partial charge in [0.15, 0.2) is 0 Å². The maximum Gasteiger partial charge on any atom is 0.385 e. The van der Waals surface area contributed by atoms with Crippen LogP contribution in [-0.4, -0.2) is 37.2 Å². The molecule has 0 bridgehead atoms. The molecule has 0 saturated heterocycles. The highest BCUT2D eigenvalue weighted by molar-refractivity contribution is 7.62. The highest BCUT2D eigenvalue weighted by Gasteiger charge is 2.37. The van der Waals surface area contributed by atoms with Gasteiger partial charge < -0.3 is 18.4 Å². The smallest absolute Gasteiger partial charge is 0.385 e. The Morgan fingerprint density at radius 1 is 1.24 bits per heavy atom. The number of rotatable bonds is 8. The monoisotopic (exact) mass is 369 g/mol. The number of nitro groups is 1. The second-order valence-electron chi connectivity index (χ2n) is 5.15. The van der Waals surface area contributed by atoms with Gasteiger partial charge in [0.1, 0.15) is 5.56 Å². The van der Waals surface area contributed by atoms with E-state index in [-0.39, 0.29) is 41.7 Å². The van der Waals surface area contributed by atoms with E-state index >= 15 is 0 Å². The fourth-order valence-corrected chi connectivity index (χ4v) is 3.89. The maximum absolute atomic E-state index is 13.1. The second kappa shape index (κ2) is 7.77. The van der Waals surface area contributed by atoms with Gasteiger partial charge in [-0.2, -0.15) is 4.98 Å². The van der Waals surface area contributed by atoms with Crippen LogP contribution in [0, 0.1) is 10.1 Å². The normalized spacial score (nSPS) is 11.5. The largest absolute Gasteiger partial charge is 0.419 e. The van der Waals surface area contributed by atoms with Crippen molar-refractivity contribution >= 4 is 24.6 Å². The molecular formula is C15H20N3O6P. The first-order chi connectivity index (χ1) is 11.8. The third-order valence-corrected chi connectivity index (χ3v) is 5.19. The first-order valence-corrected chi connectivity index (χ1v) is 9.20. The molecule has 10 heteroatoms. The summed E-state index contributed by atoms with van der Waals surface area (Å²) in [6.07, 6.45) is 0. The van der Waals surface area contributed by atoms with Crippen molar-refractivity contribution in [1.29, 1.82) is 0 Å². The van der Waals surface area contributed by atoms with Gasteiger partial charge in [-0.15, -0.1) is 0 Å². The Morgan fingerprint density at radius 3 is 2.36 bits per heavy atom. The Labute approximate surface area is 145 Å². The molecule has 1 aromatic heterocycles. The zero-order chi connectivity index (χ0) is 18.6. The average Bonchev–Trinajstić information content (AvgIpc) is 3.01. The van der Waals surface area contributed by atoms with E-state index in [0.717, 1.165) is 0 Å². The van der Waals surface area contributed by atoms with Crippen LogP contribution >= 0.6 is 7.60 Å². The molecular weight excluding hydrogens is 349 g/mol. The molecule has 1 aromatic carbocycles. The van der Waals surface area contributed by atoms with Crippen LogP contribution in [0.25, 0.3) is 11.5 Å². The third kappa shape index (κ3) is 3.89. The number of hydrogen-bond acceptors (Lipinski definition) is 8. The molecule has 0 aliphatic rings. The van der Waals surface area contributed by atoms with Crippen molar-refractivity contribution in [1.82, 2.24) is 4.98 Å². The first kappa shape index (κ1) is 19.1. The fourth-order valence-electron chi connectivity index (χ4n) is 2.20. The first-order valence-electron chi connectivity index (χ1n) is 7.65. The standard InChI is InChI=1S/C15H20N3O6P/c1-5-22-25(21,23-6-2)14-15(17(3)4)24-13(16-14)11-9-7-8-10-12(11)18(19)20/h7-10H,5-6H2,1-4H3. The lowest BCUT2D eigenvalue weighted by Crippen LogP contribution is -2.20. The zero-order valence-electron chi connectivity index (χ0n) is 14.5. The van der Waals surface area contributed by atoms with Crippen LogP contribution in [-0.2, 0) is 13.6 Å². The van der Waals surface area contributed by atoms with E-state index in [9.17, 15) is 14.7 Å². The molecule has 0 spiro atoms. The molecule has 1 heterocycles. The topological polar surface area (TPSA) is 108 Å². The van der Waals surface area contributed by atoms with Gasteiger partial charge in [0, 0.05) is 20.2 Å². The Hall–Kier alpha value is -2.22. The van der Waals surface area contributed by atoms with Crippen LogP contribution in [0.2, 0.25) is 0 Å². The van der Waals surface area contributed by atoms with Crippen molar-refractivity contribution in [2.24, 2.45) is 0 Å². The summed E-state index contributed by atoms with van der Waals surface area (Å²) in [5.41, 5.74) is 0.0130. The van der Waals surface area contributed by atoms with Gasteiger partial charge in [-0.1, -0.05) is 12.1 Å². The molecule has 0 saturated carbocycles. The lowest BCUT2D eigenvalue weighted by Gasteiger charge is -2.17. The van der Waals surface area contributed by atoms with Crippen molar-refractivity contribution in [3.05, 3.63) is 34.4 Å². The van der Waals surface area contributed by atoms with Gasteiger partial charge >= 0.3 is 7.60 Å². The summed E-state index contributed by atoms with van der Waals surface area (Å²) in [7, 11) is -0.366. The van der Waals surface area contributed by atoms with E-state index in [0.29, 0.717) is 0 Å². The third-order valence-electron chi connectivity index (χ3n) is 3.19. The van der Waals surface area contributed by atoms with Gasteiger partial charge in [-0.05, 0) is 19.9 Å². The number of benzene rings is 1. The average molecular weight is 369 g/mol. The molecule has 0 amide bonds. The summed E-state index contributed by atoms with van der Waals surface area (Å²) < 4.78 is 29.4. The molecule has 0 radical (unpaired) electrons. The molecule has 136 valence electrons. The molecule has 0 atom stereocenters. The van der Waals surface area contributed by atoms with Crippen LogP contribution in [0.3, 0.4) is 0 Å². The van der Waals surface area contributed by atoms with E-state index in [2.05, 4.69) is 4.98 Å². The summed E-state index contributed by atoms with van der Waals surface area (Å²) in [6.45, 7) is 3.67. The van der Waals surface area contributed by atoms with Crippen molar-refractivity contribution in [2.75, 3.05) is 32.2 Å². The van der Waals surface area contributed by atoms with Gasteiger partial charge in [-0.25, -0.2) is 0 Å². The fraction of sp³-hybridized carbons (Fsp3) is 0.400. The summed E-state index contributed by atoms with van der Waals surface area (Å²) in [6, 6.07) is 6.04. The molecule has 9 nitrogen and oxygen atoms in total. The minimum atomic E-state index is -3.72. The van der Waals surface area contributed by atoms with E-state index in [1.807, 2.05) is 0 Å². The van der Waals surface area contributed by atoms with Gasteiger partial charge in [0.05, 0.1) is 18.1 Å². The molecule has 2 rings (SSSR count). The van der Waals surface area contributed by atoms with Crippen LogP contribution in [0.4, 0.5) is 11.6 Å². The Morgan fingerprint density at radius 2 is 1.84 bits per heavy atom. The molecule has 2 aromatic rings. The van der Waals surface area contributed by atoms with Crippen LogP contribution in [0.15, 0.2) is 28.7 Å². The zero-order valence-corrected chi connectivity index (χ0v) is 15.4. The molecule has 0 aliphatic carbocycles. The number of para-hydroxylation sites is 1. The lowest BCUT2D eigenvalue weighted by molar-refractivity contribution is -0.384. The maximum atomic E-state index is 13.1. The molecule has 25 heavy (non-hydrogen) atoms. The van der Waals surface area contributed by atoms with Gasteiger partial charge in [-0.3, -0.25) is 14.7 Å². The lowest BCUT2D eigenvalue weighted by atomic mass is 10.2. The Bertz CT molecular complexity index is 794. The quantitative estimate of drug-likeness (QED) is 0.396. The SMILES string of the molecule is CCOP(=O)(OCC)c1nc(-c2ccccc2[N+](=O)[O-])oc1N(C)C. The second-order valence-corrected chi connectivity index (χ2v) is 7.08. The predicted octanol–water partition coefficient (Wildman–Crippen LogP) is 3.21. The minimum Gasteiger partial charge on any atom is -0.419 e. The van der Waals surface area contributed by atoms with E-state index < -0.39 is 12.5 Å². The number of nitrogens with zero attached hydrogens (tertiary/aromatic N) is 3. The van der Waals surface area contributed by atoms with Gasteiger partial charge in [0.25, 0.3) is 5.69 Å². The number of anilines is 1. The molecule has 0 aliphatic heterocycles. The highest BCUT2D eigenvalue weighted by Crippen LogP contribution is 2.49. The van der Waals surface area contributed by atoms with Crippen LogP contribution < -0.4 is 10.3 Å². The molecule has 0 fully saturated rings. The molecule has 0 unspecified atom stereocenters. The van der Waals surface area contributed by atoms with Crippen LogP contribution in [0.5, 0.6) is 0 Å². The summed E-state index contributed by atoms with van der Waals surface area (Å²) >= 11 is 0. The van der Waals surface area contributed by atoms with E-state index in [1.165, 1.54) is 12.1 Å². The predicted molar refractivity (Wildman–Crippen MR) is 93.4 cm³/mol. The van der Waals surface area contributed by atoms with Crippen molar-refractivity contribution in [3.8, 4) is 11.5 Å². The number of hydrogen-bond donors (Lipinski definition) is 0. The van der Waals surface area contributed by atoms with E-state index in [1.54, 1.807) is 45.0 Å². The van der Waals surface area contributed by atoms with Crippen molar-refractivity contribution in [3.63, 3.8) is 0 Å². The Kier molecular flexibility index (Phi) is 5.94. The van der Waals surface area contributed by atoms with Crippen LogP contribution in [0.1, 0.15) is 13.8 Å². The summed E-state index contributed by atoms with van der Waals surface area (Å²) in [5.74, 6) is 0.143. The number of aromatic nitrogens is 1. The van der Waals surface area contributed by atoms with Gasteiger partial charge in [0.2, 0.25) is 17.2 Å². The summed E-state index contributed by atoms with van der Waals surface area (Å²) in [4.78, 5) is 16.5. The van der Waals surface area contributed by atoms with Crippen molar-refractivity contribution < 1.29 is 23.0 Å². The van der Waals surface area contributed by atoms with Crippen molar-refractivity contribution in [2.45, 2.75) is 13.8 Å². The minimum absolute atomic E-state index is 0.00523. The Balaban J connectivity index is 2.65. The van der Waals surface area contributed by atoms with E-state index in [4.69, 9.17) is 13.5 Å². The summed E-state index contributed by atoms with van der Waals surface area (Å²) in [5, 5.41) is 11.2. The highest BCUT2D eigenvalue weighted by atomic mass is 31.2.